The lowest BCUT2D eigenvalue weighted by Gasteiger charge is -2.40. The number of benzene rings is 1. The van der Waals surface area contributed by atoms with E-state index in [2.05, 4.69) is 29.4 Å². The Kier molecular flexibility index (Phi) is 5.02. The maximum atomic E-state index is 13.4. The maximum Gasteiger partial charge on any atom is 0.264 e. The highest BCUT2D eigenvalue weighted by Gasteiger charge is 2.33. The first-order valence-corrected chi connectivity index (χ1v) is 10.3. The van der Waals surface area contributed by atoms with Crippen LogP contribution in [0.1, 0.15) is 39.7 Å². The Morgan fingerprint density at radius 3 is 2.59 bits per heavy atom. The first kappa shape index (κ1) is 18.2. The number of likely N-dealkylation sites (N-methyl/N-ethyl adjacent to an activating group) is 1. The van der Waals surface area contributed by atoms with Crippen molar-refractivity contribution in [3.05, 3.63) is 52.4 Å². The largest absolute Gasteiger partial charge is 0.328 e. The van der Waals surface area contributed by atoms with Gasteiger partial charge in [0.1, 0.15) is 0 Å². The number of anilines is 1. The Bertz CT molecular complexity index is 844. The first-order chi connectivity index (χ1) is 13.0. The summed E-state index contributed by atoms with van der Waals surface area (Å²) in [6.45, 7) is 4.34. The molecule has 4 rings (SSSR count). The first-order valence-electron chi connectivity index (χ1n) is 9.48. The Morgan fingerprint density at radius 2 is 1.89 bits per heavy atom. The molecule has 1 saturated carbocycles. The van der Waals surface area contributed by atoms with Crippen molar-refractivity contribution in [1.29, 1.82) is 0 Å². The molecule has 6 heteroatoms. The molecule has 142 valence electrons. The number of hydrogen-bond donors (Lipinski definition) is 1. The number of piperazine rings is 1. The van der Waals surface area contributed by atoms with Gasteiger partial charge in [-0.2, -0.15) is 0 Å². The van der Waals surface area contributed by atoms with Gasteiger partial charge < -0.3 is 15.1 Å². The van der Waals surface area contributed by atoms with Gasteiger partial charge >= 0.3 is 0 Å². The number of thiophene rings is 1. The van der Waals surface area contributed by atoms with Crippen LogP contribution in [0, 0.1) is 12.8 Å². The minimum Gasteiger partial charge on any atom is -0.328 e. The highest BCUT2D eigenvalue weighted by Crippen LogP contribution is 2.34. The van der Waals surface area contributed by atoms with Crippen molar-refractivity contribution in [1.82, 2.24) is 9.80 Å². The predicted molar refractivity (Wildman–Crippen MR) is 108 cm³/mol. The average molecular weight is 384 g/mol. The van der Waals surface area contributed by atoms with Crippen LogP contribution >= 0.6 is 11.3 Å². The molecule has 2 aliphatic rings. The molecule has 5 nitrogen and oxygen atoms in total. The van der Waals surface area contributed by atoms with Crippen LogP contribution in [-0.2, 0) is 4.79 Å². The van der Waals surface area contributed by atoms with Gasteiger partial charge in [-0.15, -0.1) is 11.3 Å². The Morgan fingerprint density at radius 1 is 1.15 bits per heavy atom. The summed E-state index contributed by atoms with van der Waals surface area (Å²) in [7, 11) is 2.10. The number of nitrogens with one attached hydrogen (secondary N) is 1. The molecular formula is C21H25N3O2S. The van der Waals surface area contributed by atoms with E-state index in [1.165, 1.54) is 11.3 Å². The number of rotatable bonds is 4. The number of carbonyl (C=O) groups is 2. The number of aryl methyl sites for hydroxylation is 1. The molecule has 2 aromatic rings. The molecule has 1 saturated heterocycles. The lowest BCUT2D eigenvalue weighted by molar-refractivity contribution is -0.117. The number of amides is 2. The minimum atomic E-state index is 0.0449. The van der Waals surface area contributed by atoms with Crippen LogP contribution in [-0.4, -0.2) is 48.3 Å². The Balaban J connectivity index is 1.56. The number of carbonyl (C=O) groups excluding carboxylic acids is 2. The van der Waals surface area contributed by atoms with Gasteiger partial charge in [-0.1, -0.05) is 30.3 Å². The fraction of sp³-hybridized carbons (Fsp3) is 0.429. The summed E-state index contributed by atoms with van der Waals surface area (Å²) in [6, 6.07) is 12.2. The van der Waals surface area contributed by atoms with Crippen LogP contribution in [0.25, 0.3) is 0 Å². The molecule has 0 radical (unpaired) electrons. The van der Waals surface area contributed by atoms with E-state index in [0.717, 1.165) is 46.9 Å². The van der Waals surface area contributed by atoms with Crippen molar-refractivity contribution in [3.63, 3.8) is 0 Å². The van der Waals surface area contributed by atoms with Crippen molar-refractivity contribution in [2.75, 3.05) is 32.0 Å². The molecular weight excluding hydrogens is 358 g/mol. The molecule has 1 aromatic heterocycles. The van der Waals surface area contributed by atoms with Crippen molar-refractivity contribution >= 4 is 28.2 Å². The van der Waals surface area contributed by atoms with Crippen LogP contribution in [0.2, 0.25) is 0 Å². The van der Waals surface area contributed by atoms with Gasteiger partial charge in [-0.25, -0.2) is 0 Å². The third-order valence-electron chi connectivity index (χ3n) is 5.34. The minimum absolute atomic E-state index is 0.0449. The molecule has 0 spiro atoms. The molecule has 2 fully saturated rings. The summed E-state index contributed by atoms with van der Waals surface area (Å²) in [5.74, 6) is 0.301. The second-order valence-electron chi connectivity index (χ2n) is 7.57. The Labute approximate surface area is 164 Å². The number of hydrogen-bond acceptors (Lipinski definition) is 4. The molecule has 1 N–H and O–H groups in total. The van der Waals surface area contributed by atoms with E-state index in [0.29, 0.717) is 6.54 Å². The fourth-order valence-corrected chi connectivity index (χ4v) is 4.61. The van der Waals surface area contributed by atoms with Crippen molar-refractivity contribution in [2.24, 2.45) is 5.92 Å². The summed E-state index contributed by atoms with van der Waals surface area (Å²) in [6.07, 6.45) is 1.95. The smallest absolute Gasteiger partial charge is 0.264 e. The lowest BCUT2D eigenvalue weighted by atomic mass is 10.0. The summed E-state index contributed by atoms with van der Waals surface area (Å²) in [4.78, 5) is 30.4. The molecule has 27 heavy (non-hydrogen) atoms. The quantitative estimate of drug-likeness (QED) is 0.879. The molecule has 0 bridgehead atoms. The zero-order valence-corrected chi connectivity index (χ0v) is 16.6. The SMILES string of the molecule is Cc1cc(NC(=O)C2CC2)sc1C(=O)N1CCN(C)C[C@H]1c1ccccc1. The van der Waals surface area contributed by atoms with E-state index in [4.69, 9.17) is 0 Å². The van der Waals surface area contributed by atoms with Gasteiger partial charge in [0.2, 0.25) is 5.91 Å². The predicted octanol–water partition coefficient (Wildman–Crippen LogP) is 3.53. The maximum absolute atomic E-state index is 13.4. The summed E-state index contributed by atoms with van der Waals surface area (Å²) in [5, 5.41) is 3.75. The standard InChI is InChI=1S/C21H25N3O2S/c1-14-12-18(22-20(25)16-8-9-16)27-19(14)21(26)24-11-10-23(2)13-17(24)15-6-4-3-5-7-15/h3-7,12,16-17H,8-11,13H2,1-2H3,(H,22,25)/t17-/m0/s1. The van der Waals surface area contributed by atoms with Gasteiger partial charge in [0.25, 0.3) is 5.91 Å². The van der Waals surface area contributed by atoms with Crippen LogP contribution in [0.15, 0.2) is 36.4 Å². The normalized spacial score (nSPS) is 20.5. The van der Waals surface area contributed by atoms with Gasteiger partial charge in [0, 0.05) is 25.6 Å². The second-order valence-corrected chi connectivity index (χ2v) is 8.63. The highest BCUT2D eigenvalue weighted by molar-refractivity contribution is 7.18. The van der Waals surface area contributed by atoms with Crippen molar-refractivity contribution in [3.8, 4) is 0 Å². The lowest BCUT2D eigenvalue weighted by Crippen LogP contribution is -2.49. The Hall–Kier alpha value is -2.18. The molecule has 1 atom stereocenters. The molecule has 1 aliphatic carbocycles. The van der Waals surface area contributed by atoms with E-state index in [-0.39, 0.29) is 23.8 Å². The summed E-state index contributed by atoms with van der Waals surface area (Å²) < 4.78 is 0. The van der Waals surface area contributed by atoms with E-state index in [9.17, 15) is 9.59 Å². The molecule has 2 amide bonds. The zero-order chi connectivity index (χ0) is 19.0. The molecule has 1 aliphatic heterocycles. The topological polar surface area (TPSA) is 52.7 Å². The van der Waals surface area contributed by atoms with Crippen LogP contribution in [0.3, 0.4) is 0 Å². The van der Waals surface area contributed by atoms with E-state index >= 15 is 0 Å². The third-order valence-corrected chi connectivity index (χ3v) is 6.48. The zero-order valence-electron chi connectivity index (χ0n) is 15.8. The van der Waals surface area contributed by atoms with Crippen LogP contribution < -0.4 is 5.32 Å². The highest BCUT2D eigenvalue weighted by atomic mass is 32.1. The second kappa shape index (κ2) is 7.44. The molecule has 1 aromatic carbocycles. The molecule has 2 heterocycles. The van der Waals surface area contributed by atoms with E-state index < -0.39 is 0 Å². The van der Waals surface area contributed by atoms with Gasteiger partial charge in [-0.3, -0.25) is 9.59 Å². The fourth-order valence-electron chi connectivity index (χ4n) is 3.58. The number of nitrogens with zero attached hydrogens (tertiary/aromatic N) is 2. The van der Waals surface area contributed by atoms with Gasteiger partial charge in [0.15, 0.2) is 0 Å². The summed E-state index contributed by atoms with van der Waals surface area (Å²) >= 11 is 1.40. The van der Waals surface area contributed by atoms with E-state index in [1.54, 1.807) is 0 Å². The average Bonchev–Trinajstić information content (AvgIpc) is 3.46. The van der Waals surface area contributed by atoms with Crippen molar-refractivity contribution in [2.45, 2.75) is 25.8 Å². The van der Waals surface area contributed by atoms with Crippen molar-refractivity contribution < 1.29 is 9.59 Å². The molecule has 0 unspecified atom stereocenters. The van der Waals surface area contributed by atoms with Gasteiger partial charge in [0.05, 0.1) is 15.9 Å². The van der Waals surface area contributed by atoms with Gasteiger partial charge in [-0.05, 0) is 44.0 Å². The third kappa shape index (κ3) is 3.92. The van der Waals surface area contributed by atoms with E-state index in [1.807, 2.05) is 36.1 Å². The monoisotopic (exact) mass is 383 g/mol. The summed E-state index contributed by atoms with van der Waals surface area (Å²) in [5.41, 5.74) is 2.09. The van der Waals surface area contributed by atoms with Crippen LogP contribution in [0.4, 0.5) is 5.00 Å². The van der Waals surface area contributed by atoms with Crippen LogP contribution in [0.5, 0.6) is 0 Å².